The van der Waals surface area contributed by atoms with E-state index in [1.165, 1.54) is 12.1 Å². The fourth-order valence-electron chi connectivity index (χ4n) is 1.56. The monoisotopic (exact) mass is 222 g/mol. The third kappa shape index (κ3) is 1.81. The third-order valence-electron chi connectivity index (χ3n) is 2.41. The lowest BCUT2D eigenvalue weighted by Crippen LogP contribution is -1.91. The first kappa shape index (κ1) is 10.7. The Morgan fingerprint density at radius 3 is 2.31 bits per heavy atom. The maximum atomic E-state index is 13.7. The van der Waals surface area contributed by atoms with Crippen LogP contribution in [-0.4, -0.2) is 0 Å². The molecule has 2 aromatic carbocycles. The van der Waals surface area contributed by atoms with Gasteiger partial charge >= 0.3 is 0 Å². The molecule has 0 N–H and O–H groups in total. The van der Waals surface area contributed by atoms with Crippen LogP contribution in [0.3, 0.4) is 0 Å². The molecule has 0 aliphatic rings. The predicted octanol–water partition coefficient (Wildman–Crippen LogP) is 4.08. The topological polar surface area (TPSA) is 0 Å². The third-order valence-corrected chi connectivity index (χ3v) is 2.41. The maximum absolute atomic E-state index is 13.7. The fourth-order valence-corrected chi connectivity index (χ4v) is 1.56. The molecule has 82 valence electrons. The van der Waals surface area contributed by atoms with Crippen molar-refractivity contribution in [2.24, 2.45) is 0 Å². The second kappa shape index (κ2) is 4.00. The summed E-state index contributed by atoms with van der Waals surface area (Å²) in [7, 11) is 0. The van der Waals surface area contributed by atoms with Crippen molar-refractivity contribution < 1.29 is 13.2 Å². The van der Waals surface area contributed by atoms with Crippen molar-refractivity contribution >= 4 is 0 Å². The molecule has 3 heteroatoms. The molecule has 0 atom stereocenters. The van der Waals surface area contributed by atoms with Crippen LogP contribution < -0.4 is 0 Å². The van der Waals surface area contributed by atoms with Gasteiger partial charge in [-0.05, 0) is 24.6 Å². The first-order valence-corrected chi connectivity index (χ1v) is 4.80. The molecule has 0 aromatic heterocycles. The molecule has 0 aliphatic carbocycles. The molecule has 0 spiro atoms. The van der Waals surface area contributed by atoms with Gasteiger partial charge in [-0.3, -0.25) is 0 Å². The van der Waals surface area contributed by atoms with Crippen LogP contribution in [0.1, 0.15) is 5.56 Å². The molecule has 0 amide bonds. The molecule has 0 bridgehead atoms. The number of hydrogen-bond acceptors (Lipinski definition) is 0. The Balaban J connectivity index is 2.63. The van der Waals surface area contributed by atoms with Crippen LogP contribution in [0.5, 0.6) is 0 Å². The average molecular weight is 222 g/mol. The molecule has 16 heavy (non-hydrogen) atoms. The van der Waals surface area contributed by atoms with Crippen molar-refractivity contribution in [3.8, 4) is 11.1 Å². The smallest absolute Gasteiger partial charge is 0.134 e. The highest BCUT2D eigenvalue weighted by Gasteiger charge is 2.11. The van der Waals surface area contributed by atoms with Gasteiger partial charge < -0.3 is 0 Å². The van der Waals surface area contributed by atoms with Crippen LogP contribution in [0.25, 0.3) is 11.1 Å². The molecule has 2 aromatic rings. The molecular weight excluding hydrogens is 213 g/mol. The highest BCUT2D eigenvalue weighted by atomic mass is 19.1. The number of benzene rings is 2. The summed E-state index contributed by atoms with van der Waals surface area (Å²) in [6.07, 6.45) is 0. The summed E-state index contributed by atoms with van der Waals surface area (Å²) < 4.78 is 39.9. The summed E-state index contributed by atoms with van der Waals surface area (Å²) in [5, 5.41) is 0. The van der Waals surface area contributed by atoms with E-state index in [1.807, 2.05) is 0 Å². The van der Waals surface area contributed by atoms with Gasteiger partial charge in [0.25, 0.3) is 0 Å². The molecule has 0 saturated heterocycles. The van der Waals surface area contributed by atoms with E-state index in [1.54, 1.807) is 19.1 Å². The van der Waals surface area contributed by atoms with E-state index in [4.69, 9.17) is 0 Å². The van der Waals surface area contributed by atoms with Crippen molar-refractivity contribution in [3.05, 3.63) is 59.4 Å². The number of halogens is 3. The van der Waals surface area contributed by atoms with E-state index in [0.717, 1.165) is 12.1 Å². The molecule has 0 radical (unpaired) electrons. The Bertz CT molecular complexity index is 533. The Hall–Kier alpha value is -1.77. The Kier molecular flexibility index (Phi) is 2.69. The first-order valence-electron chi connectivity index (χ1n) is 4.80. The molecule has 0 aliphatic heterocycles. The van der Waals surface area contributed by atoms with Gasteiger partial charge in [0.1, 0.15) is 17.5 Å². The van der Waals surface area contributed by atoms with Gasteiger partial charge in [0.2, 0.25) is 0 Å². The van der Waals surface area contributed by atoms with Crippen LogP contribution in [0.15, 0.2) is 36.4 Å². The summed E-state index contributed by atoms with van der Waals surface area (Å²) in [5.74, 6) is -1.91. The standard InChI is InChI=1S/C13H9F3/c1-8-3-2-4-11(13(8)16)10-6-5-9(14)7-12(10)15/h2-7H,1H3. The van der Waals surface area contributed by atoms with E-state index < -0.39 is 17.5 Å². The summed E-state index contributed by atoms with van der Waals surface area (Å²) in [6, 6.07) is 7.80. The molecule has 0 nitrogen and oxygen atoms in total. The van der Waals surface area contributed by atoms with Crippen molar-refractivity contribution in [1.29, 1.82) is 0 Å². The van der Waals surface area contributed by atoms with Crippen LogP contribution in [0.4, 0.5) is 13.2 Å². The lowest BCUT2D eigenvalue weighted by Gasteiger charge is -2.06. The van der Waals surface area contributed by atoms with Gasteiger partial charge in [-0.2, -0.15) is 0 Å². The molecule has 0 heterocycles. The van der Waals surface area contributed by atoms with Crippen molar-refractivity contribution in [3.63, 3.8) is 0 Å². The van der Waals surface area contributed by atoms with Crippen LogP contribution in [0, 0.1) is 24.4 Å². The highest BCUT2D eigenvalue weighted by molar-refractivity contribution is 5.65. The zero-order valence-electron chi connectivity index (χ0n) is 8.60. The summed E-state index contributed by atoms with van der Waals surface area (Å²) in [4.78, 5) is 0. The second-order valence-corrected chi connectivity index (χ2v) is 3.56. The van der Waals surface area contributed by atoms with Gasteiger partial charge in [0.05, 0.1) is 0 Å². The Morgan fingerprint density at radius 1 is 0.875 bits per heavy atom. The van der Waals surface area contributed by atoms with Gasteiger partial charge in [-0.1, -0.05) is 18.2 Å². The van der Waals surface area contributed by atoms with Crippen LogP contribution in [-0.2, 0) is 0 Å². The van der Waals surface area contributed by atoms with E-state index in [2.05, 4.69) is 0 Å². The molecular formula is C13H9F3. The zero-order chi connectivity index (χ0) is 11.7. The largest absolute Gasteiger partial charge is 0.207 e. The summed E-state index contributed by atoms with van der Waals surface area (Å²) in [5.41, 5.74) is 0.654. The van der Waals surface area contributed by atoms with Crippen LogP contribution in [0.2, 0.25) is 0 Å². The predicted molar refractivity (Wildman–Crippen MR) is 56.5 cm³/mol. The van der Waals surface area contributed by atoms with E-state index in [9.17, 15) is 13.2 Å². The van der Waals surface area contributed by atoms with Gasteiger partial charge in [-0.25, -0.2) is 13.2 Å². The van der Waals surface area contributed by atoms with Crippen molar-refractivity contribution in [2.45, 2.75) is 6.92 Å². The zero-order valence-corrected chi connectivity index (χ0v) is 8.60. The molecule has 0 fully saturated rings. The lowest BCUT2D eigenvalue weighted by molar-refractivity contribution is 0.582. The summed E-state index contributed by atoms with van der Waals surface area (Å²) in [6.45, 7) is 1.60. The minimum atomic E-state index is -0.760. The molecule has 0 saturated carbocycles. The lowest BCUT2D eigenvalue weighted by atomic mass is 10.0. The van der Waals surface area contributed by atoms with E-state index in [-0.39, 0.29) is 11.1 Å². The number of rotatable bonds is 1. The van der Waals surface area contributed by atoms with Gasteiger partial charge in [0, 0.05) is 17.2 Å². The Morgan fingerprint density at radius 2 is 1.62 bits per heavy atom. The Labute approximate surface area is 91.4 Å². The molecule has 0 unspecified atom stereocenters. The highest BCUT2D eigenvalue weighted by Crippen LogP contribution is 2.27. The van der Waals surface area contributed by atoms with Crippen molar-refractivity contribution in [2.75, 3.05) is 0 Å². The van der Waals surface area contributed by atoms with Gasteiger partial charge in [-0.15, -0.1) is 0 Å². The fraction of sp³-hybridized carbons (Fsp3) is 0.0769. The normalized spacial score (nSPS) is 10.5. The first-order chi connectivity index (χ1) is 7.59. The molecule has 2 rings (SSSR count). The maximum Gasteiger partial charge on any atom is 0.134 e. The quantitative estimate of drug-likeness (QED) is 0.682. The average Bonchev–Trinajstić information content (AvgIpc) is 2.23. The second-order valence-electron chi connectivity index (χ2n) is 3.56. The summed E-state index contributed by atoms with van der Waals surface area (Å²) >= 11 is 0. The van der Waals surface area contributed by atoms with Crippen molar-refractivity contribution in [1.82, 2.24) is 0 Å². The van der Waals surface area contributed by atoms with Crippen LogP contribution >= 0.6 is 0 Å². The van der Waals surface area contributed by atoms with Gasteiger partial charge in [0.15, 0.2) is 0 Å². The number of aryl methyl sites for hydroxylation is 1. The SMILES string of the molecule is Cc1cccc(-c2ccc(F)cc2F)c1F. The number of hydrogen-bond donors (Lipinski definition) is 0. The van der Waals surface area contributed by atoms with E-state index in [0.29, 0.717) is 5.56 Å². The van der Waals surface area contributed by atoms with E-state index >= 15 is 0 Å². The minimum absolute atomic E-state index is 0.0719. The minimum Gasteiger partial charge on any atom is -0.207 e.